The van der Waals surface area contributed by atoms with E-state index in [1.54, 1.807) is 0 Å². The first kappa shape index (κ1) is 37.9. The number of thiophene rings is 1. The number of hydrogen-bond donors (Lipinski definition) is 0. The first-order chi connectivity index (χ1) is 33.8. The second kappa shape index (κ2) is 14.4. The highest BCUT2D eigenvalue weighted by molar-refractivity contribution is 7.26. The molecule has 0 saturated heterocycles. The number of allylic oxidation sites excluding steroid dienone is 3. The van der Waals surface area contributed by atoms with E-state index >= 15 is 0 Å². The Hall–Kier alpha value is -8.24. The largest absolute Gasteiger partial charge is 0.453 e. The van der Waals surface area contributed by atoms with Gasteiger partial charge in [-0.2, -0.15) is 0 Å². The number of fused-ring (bicyclic) bond motifs is 17. The van der Waals surface area contributed by atoms with Crippen LogP contribution in [0, 0.1) is 0 Å². The highest BCUT2D eigenvalue weighted by atomic mass is 32.1. The monoisotopic (exact) mass is 883 g/mol. The van der Waals surface area contributed by atoms with Gasteiger partial charge in [0.25, 0.3) is 0 Å². The van der Waals surface area contributed by atoms with Gasteiger partial charge >= 0.3 is 0 Å². The van der Waals surface area contributed by atoms with E-state index in [0.29, 0.717) is 0 Å². The maximum absolute atomic E-state index is 7.58. The summed E-state index contributed by atoms with van der Waals surface area (Å²) in [7, 11) is 0. The van der Waals surface area contributed by atoms with Crippen LogP contribution in [-0.4, -0.2) is 0 Å². The standard InChI is InChI=1S/C65H41NOS/c1-2-18-40(19-3-1)43-21-9-14-33-58(43)66(42-36-37-48-47-25-8-13-32-56(47)65(57(48)39-42)54-30-11-6-23-45(54)46-24-7-12-31-55(46)65)59-34-17-27-50-53-38-41-20-4-5-22-44(41)61(63(53)67-62(50)59)52-29-16-28-51-49-26-10-15-35-60(49)68-64(51)52/h1-36,38-39,48H,37H2. The lowest BCUT2D eigenvalue weighted by Crippen LogP contribution is -2.29. The predicted octanol–water partition coefficient (Wildman–Crippen LogP) is 17.9. The molecule has 0 radical (unpaired) electrons. The quantitative estimate of drug-likeness (QED) is 0.171. The van der Waals surface area contributed by atoms with Crippen LogP contribution in [0.5, 0.6) is 0 Å². The van der Waals surface area contributed by atoms with Crippen LogP contribution in [-0.2, 0) is 5.41 Å². The van der Waals surface area contributed by atoms with Gasteiger partial charge < -0.3 is 9.32 Å². The first-order valence-corrected chi connectivity index (χ1v) is 24.5. The molecule has 0 aliphatic heterocycles. The molecule has 1 spiro atoms. The Labute approximate surface area is 398 Å². The maximum Gasteiger partial charge on any atom is 0.159 e. The summed E-state index contributed by atoms with van der Waals surface area (Å²) in [6, 6.07) is 80.7. The third-order valence-electron chi connectivity index (χ3n) is 15.3. The SMILES string of the molecule is C1=C(N(c2ccccc2-c2ccccc2)c2cccc3c2oc2c(-c4cccc5c4sc4ccccc45)c4ccccc4cc23)C=C2C(C1)c1ccccc1C21c2ccccc2-c2ccccc21. The lowest BCUT2D eigenvalue weighted by Gasteiger charge is -2.36. The Morgan fingerprint density at radius 3 is 1.93 bits per heavy atom. The minimum absolute atomic E-state index is 0.231. The van der Waals surface area contributed by atoms with Gasteiger partial charge in [0, 0.05) is 59.3 Å². The lowest BCUT2D eigenvalue weighted by molar-refractivity contribution is 0.669. The molecule has 1 unspecified atom stereocenters. The third kappa shape index (κ3) is 5.11. The average molecular weight is 884 g/mol. The van der Waals surface area contributed by atoms with E-state index in [0.717, 1.165) is 56.6 Å². The second-order valence-electron chi connectivity index (χ2n) is 18.5. The Bertz CT molecular complexity index is 4100. The van der Waals surface area contributed by atoms with Crippen LogP contribution in [0.3, 0.4) is 0 Å². The fourth-order valence-corrected chi connectivity index (χ4v) is 13.8. The maximum atomic E-state index is 7.58. The molecule has 12 aromatic rings. The number of para-hydroxylation sites is 2. The van der Waals surface area contributed by atoms with Crippen LogP contribution in [0.15, 0.2) is 246 Å². The molecule has 10 aromatic carbocycles. The molecule has 0 amide bonds. The van der Waals surface area contributed by atoms with Crippen molar-refractivity contribution in [3.8, 4) is 33.4 Å². The molecule has 1 atom stereocenters. The van der Waals surface area contributed by atoms with Gasteiger partial charge in [-0.25, -0.2) is 0 Å². The minimum Gasteiger partial charge on any atom is -0.453 e. The lowest BCUT2D eigenvalue weighted by atomic mass is 9.68. The minimum atomic E-state index is -0.424. The second-order valence-corrected chi connectivity index (χ2v) is 19.6. The molecule has 0 fully saturated rings. The predicted molar refractivity (Wildman–Crippen MR) is 285 cm³/mol. The summed E-state index contributed by atoms with van der Waals surface area (Å²) >= 11 is 1.87. The number of benzene rings is 10. The Morgan fingerprint density at radius 2 is 1.09 bits per heavy atom. The van der Waals surface area contributed by atoms with Crippen molar-refractivity contribution in [1.82, 2.24) is 0 Å². The van der Waals surface area contributed by atoms with E-state index in [9.17, 15) is 0 Å². The smallest absolute Gasteiger partial charge is 0.159 e. The highest BCUT2D eigenvalue weighted by Crippen LogP contribution is 2.66. The van der Waals surface area contributed by atoms with Crippen LogP contribution in [0.4, 0.5) is 11.4 Å². The average Bonchev–Trinajstić information content (AvgIpc) is 4.14. The summed E-state index contributed by atoms with van der Waals surface area (Å²) in [6.45, 7) is 0. The van der Waals surface area contributed by atoms with Gasteiger partial charge in [-0.15, -0.1) is 11.3 Å². The molecular weight excluding hydrogens is 843 g/mol. The zero-order valence-electron chi connectivity index (χ0n) is 37.0. The summed E-state index contributed by atoms with van der Waals surface area (Å²) in [5, 5.41) is 7.16. The van der Waals surface area contributed by atoms with Gasteiger partial charge in [-0.3, -0.25) is 0 Å². The fourth-order valence-electron chi connectivity index (χ4n) is 12.5. The zero-order valence-corrected chi connectivity index (χ0v) is 37.8. The van der Waals surface area contributed by atoms with E-state index in [2.05, 4.69) is 235 Å². The van der Waals surface area contributed by atoms with Crippen molar-refractivity contribution in [2.24, 2.45) is 0 Å². The summed E-state index contributed by atoms with van der Waals surface area (Å²) in [5.74, 6) is 0.231. The van der Waals surface area contributed by atoms with Crippen molar-refractivity contribution >= 4 is 75.6 Å². The van der Waals surface area contributed by atoms with Gasteiger partial charge in [0.2, 0.25) is 0 Å². The van der Waals surface area contributed by atoms with Crippen molar-refractivity contribution in [3.63, 3.8) is 0 Å². The van der Waals surface area contributed by atoms with E-state index in [1.165, 1.54) is 81.0 Å². The number of furan rings is 1. The number of rotatable bonds is 5. The molecule has 0 N–H and O–H groups in total. The van der Waals surface area contributed by atoms with E-state index in [-0.39, 0.29) is 5.92 Å². The normalized spacial score (nSPS) is 15.4. The fraction of sp³-hybridized carbons (Fsp3) is 0.0462. The van der Waals surface area contributed by atoms with Gasteiger partial charge in [-0.1, -0.05) is 200 Å². The van der Waals surface area contributed by atoms with Crippen molar-refractivity contribution < 1.29 is 4.42 Å². The van der Waals surface area contributed by atoms with Crippen LogP contribution in [0.2, 0.25) is 0 Å². The van der Waals surface area contributed by atoms with Gasteiger partial charge in [0.05, 0.1) is 16.8 Å². The van der Waals surface area contributed by atoms with Crippen LogP contribution >= 0.6 is 11.3 Å². The molecule has 3 aliphatic rings. The van der Waals surface area contributed by atoms with Crippen molar-refractivity contribution in [3.05, 3.63) is 264 Å². The molecule has 3 aliphatic carbocycles. The molecule has 2 aromatic heterocycles. The van der Waals surface area contributed by atoms with Crippen molar-refractivity contribution in [2.75, 3.05) is 4.90 Å². The molecule has 2 nitrogen and oxygen atoms in total. The molecule has 318 valence electrons. The van der Waals surface area contributed by atoms with Gasteiger partial charge in [0.1, 0.15) is 5.58 Å². The summed E-state index contributed by atoms with van der Waals surface area (Å²) in [6.07, 6.45) is 5.92. The molecule has 68 heavy (non-hydrogen) atoms. The van der Waals surface area contributed by atoms with Crippen molar-refractivity contribution in [1.29, 1.82) is 0 Å². The van der Waals surface area contributed by atoms with E-state index in [1.807, 2.05) is 11.3 Å². The molecule has 0 bridgehead atoms. The summed E-state index contributed by atoms with van der Waals surface area (Å²) in [4.78, 5) is 2.51. The highest BCUT2D eigenvalue weighted by Gasteiger charge is 2.55. The van der Waals surface area contributed by atoms with Crippen LogP contribution in [0.1, 0.15) is 34.6 Å². The topological polar surface area (TPSA) is 16.4 Å². The molecule has 3 heteroatoms. The Morgan fingerprint density at radius 1 is 0.471 bits per heavy atom. The van der Waals surface area contributed by atoms with E-state index in [4.69, 9.17) is 4.42 Å². The zero-order chi connectivity index (χ0) is 44.5. The summed E-state index contributed by atoms with van der Waals surface area (Å²) in [5.41, 5.74) is 18.9. The molecule has 0 saturated carbocycles. The number of hydrogen-bond acceptors (Lipinski definition) is 3. The van der Waals surface area contributed by atoms with Gasteiger partial charge in [-0.05, 0) is 92.1 Å². The molecular formula is C65H41NOS. The molecule has 2 heterocycles. The number of anilines is 2. The van der Waals surface area contributed by atoms with E-state index < -0.39 is 5.41 Å². The number of nitrogens with zero attached hydrogens (tertiary/aromatic N) is 1. The van der Waals surface area contributed by atoms with Crippen molar-refractivity contribution in [2.45, 2.75) is 17.8 Å². The van der Waals surface area contributed by atoms with Crippen LogP contribution < -0.4 is 4.90 Å². The Kier molecular flexibility index (Phi) is 8.02. The third-order valence-corrected chi connectivity index (χ3v) is 16.5. The first-order valence-electron chi connectivity index (χ1n) is 23.7. The molecule has 15 rings (SSSR count). The van der Waals surface area contributed by atoms with Gasteiger partial charge in [0.15, 0.2) is 5.58 Å². The summed E-state index contributed by atoms with van der Waals surface area (Å²) < 4.78 is 10.1. The van der Waals surface area contributed by atoms with Crippen LogP contribution in [0.25, 0.3) is 86.3 Å². The Balaban J connectivity index is 1.02.